The highest BCUT2D eigenvalue weighted by Crippen LogP contribution is 2.27. The van der Waals surface area contributed by atoms with Crippen LogP contribution in [-0.4, -0.2) is 48.7 Å². The molecule has 1 aliphatic carbocycles. The monoisotopic (exact) mass is 224 g/mol. The molecule has 4 nitrogen and oxygen atoms in total. The van der Waals surface area contributed by atoms with Gasteiger partial charge in [0, 0.05) is 25.7 Å². The summed E-state index contributed by atoms with van der Waals surface area (Å²) in [6, 6.07) is 0.432. The first-order valence-electron chi connectivity index (χ1n) is 5.90. The Morgan fingerprint density at radius 2 is 2.31 bits per heavy atom. The smallest absolute Gasteiger partial charge is 0.249 e. The van der Waals surface area contributed by atoms with Crippen LogP contribution in [-0.2, 0) is 9.53 Å². The number of hydrogen-bond donors (Lipinski definition) is 1. The van der Waals surface area contributed by atoms with Crippen molar-refractivity contribution < 1.29 is 9.53 Å². The zero-order chi connectivity index (χ0) is 11.6. The molecule has 0 atom stereocenters. The molecule has 2 rings (SSSR count). The second kappa shape index (κ2) is 4.55. The SMILES string of the molecule is C=CCN(C(=O)COC1(C)CNC1)C1CC1. The van der Waals surface area contributed by atoms with Gasteiger partial charge in [0.15, 0.2) is 0 Å². The minimum absolute atomic E-state index is 0.0931. The number of hydrogen-bond acceptors (Lipinski definition) is 3. The van der Waals surface area contributed by atoms with E-state index >= 15 is 0 Å². The van der Waals surface area contributed by atoms with Gasteiger partial charge in [0.2, 0.25) is 5.91 Å². The van der Waals surface area contributed by atoms with Crippen LogP contribution in [0.25, 0.3) is 0 Å². The summed E-state index contributed by atoms with van der Waals surface area (Å²) in [6.07, 6.45) is 4.03. The van der Waals surface area contributed by atoms with E-state index in [9.17, 15) is 4.79 Å². The molecule has 2 fully saturated rings. The predicted molar refractivity (Wildman–Crippen MR) is 62.2 cm³/mol. The Balaban J connectivity index is 1.78. The molecule has 16 heavy (non-hydrogen) atoms. The maximum absolute atomic E-state index is 11.9. The maximum Gasteiger partial charge on any atom is 0.249 e. The van der Waals surface area contributed by atoms with Crippen LogP contribution in [0.1, 0.15) is 19.8 Å². The summed E-state index contributed by atoms with van der Waals surface area (Å²) in [5, 5.41) is 3.15. The number of nitrogens with zero attached hydrogens (tertiary/aromatic N) is 1. The van der Waals surface area contributed by atoms with Crippen LogP contribution >= 0.6 is 0 Å². The molecule has 4 heteroatoms. The molecule has 0 spiro atoms. The predicted octanol–water partition coefficient (Wildman–Crippen LogP) is 0.542. The number of amides is 1. The van der Waals surface area contributed by atoms with Crippen LogP contribution in [0.15, 0.2) is 12.7 Å². The van der Waals surface area contributed by atoms with Gasteiger partial charge in [-0.05, 0) is 19.8 Å². The van der Waals surface area contributed by atoms with E-state index in [0.29, 0.717) is 12.6 Å². The fourth-order valence-electron chi connectivity index (χ4n) is 1.88. The van der Waals surface area contributed by atoms with Crippen LogP contribution in [0, 0.1) is 0 Å². The summed E-state index contributed by atoms with van der Waals surface area (Å²) >= 11 is 0. The van der Waals surface area contributed by atoms with E-state index in [4.69, 9.17) is 4.74 Å². The van der Waals surface area contributed by atoms with E-state index in [1.54, 1.807) is 6.08 Å². The Bertz CT molecular complexity index is 283. The molecule has 0 radical (unpaired) electrons. The minimum atomic E-state index is -0.140. The molecule has 0 aromatic carbocycles. The number of rotatable bonds is 6. The second-order valence-electron chi connectivity index (χ2n) is 4.91. The zero-order valence-corrected chi connectivity index (χ0v) is 9.87. The molecule has 1 amide bonds. The average Bonchev–Trinajstić information content (AvgIpc) is 3.03. The van der Waals surface area contributed by atoms with Crippen LogP contribution in [0.3, 0.4) is 0 Å². The maximum atomic E-state index is 11.9. The van der Waals surface area contributed by atoms with E-state index in [0.717, 1.165) is 25.9 Å². The lowest BCUT2D eigenvalue weighted by molar-refractivity contribution is -0.146. The zero-order valence-electron chi connectivity index (χ0n) is 9.87. The molecule has 1 heterocycles. The van der Waals surface area contributed by atoms with Gasteiger partial charge < -0.3 is 15.0 Å². The van der Waals surface area contributed by atoms with Crippen LogP contribution in [0.4, 0.5) is 0 Å². The minimum Gasteiger partial charge on any atom is -0.363 e. The summed E-state index contributed by atoms with van der Waals surface area (Å²) in [5.41, 5.74) is -0.140. The van der Waals surface area contributed by atoms with Crippen molar-refractivity contribution in [1.29, 1.82) is 0 Å². The highest BCUT2D eigenvalue weighted by molar-refractivity contribution is 5.78. The molecule has 1 N–H and O–H groups in total. The first kappa shape index (κ1) is 11.6. The Kier molecular flexibility index (Phi) is 3.30. The number of carbonyl (C=O) groups excluding carboxylic acids is 1. The summed E-state index contributed by atoms with van der Waals surface area (Å²) < 4.78 is 5.64. The molecule has 90 valence electrons. The molecule has 2 aliphatic rings. The van der Waals surface area contributed by atoms with Gasteiger partial charge in [-0.3, -0.25) is 4.79 Å². The average molecular weight is 224 g/mol. The molecule has 1 saturated heterocycles. The Morgan fingerprint density at radius 1 is 1.62 bits per heavy atom. The van der Waals surface area contributed by atoms with Gasteiger partial charge in [0.1, 0.15) is 6.61 Å². The Labute approximate surface area is 96.6 Å². The van der Waals surface area contributed by atoms with Gasteiger partial charge >= 0.3 is 0 Å². The second-order valence-corrected chi connectivity index (χ2v) is 4.91. The quantitative estimate of drug-likeness (QED) is 0.670. The molecule has 0 bridgehead atoms. The summed E-state index contributed by atoms with van der Waals surface area (Å²) in [5.74, 6) is 0.0931. The van der Waals surface area contributed by atoms with E-state index < -0.39 is 0 Å². The van der Waals surface area contributed by atoms with E-state index in [-0.39, 0.29) is 18.1 Å². The van der Waals surface area contributed by atoms with Crippen LogP contribution in [0.5, 0.6) is 0 Å². The lowest BCUT2D eigenvalue weighted by atomic mass is 10.0. The van der Waals surface area contributed by atoms with Crippen molar-refractivity contribution in [3.05, 3.63) is 12.7 Å². The molecule has 0 aromatic heterocycles. The lowest BCUT2D eigenvalue weighted by Crippen LogP contribution is -2.59. The highest BCUT2D eigenvalue weighted by atomic mass is 16.5. The molecule has 1 saturated carbocycles. The van der Waals surface area contributed by atoms with E-state index in [2.05, 4.69) is 11.9 Å². The Hall–Kier alpha value is -0.870. The van der Waals surface area contributed by atoms with E-state index in [1.807, 2.05) is 11.8 Å². The van der Waals surface area contributed by atoms with Gasteiger partial charge in [-0.1, -0.05) is 6.08 Å². The molecule has 0 unspecified atom stereocenters. The van der Waals surface area contributed by atoms with Crippen molar-refractivity contribution in [1.82, 2.24) is 10.2 Å². The molecule has 0 aromatic rings. The highest BCUT2D eigenvalue weighted by Gasteiger charge is 2.36. The van der Waals surface area contributed by atoms with E-state index in [1.165, 1.54) is 0 Å². The summed E-state index contributed by atoms with van der Waals surface area (Å²) in [6.45, 7) is 8.23. The normalized spacial score (nSPS) is 22.3. The van der Waals surface area contributed by atoms with Crippen molar-refractivity contribution in [2.45, 2.75) is 31.4 Å². The topological polar surface area (TPSA) is 41.6 Å². The van der Waals surface area contributed by atoms with Gasteiger partial charge in [-0.2, -0.15) is 0 Å². The third-order valence-electron chi connectivity index (χ3n) is 3.18. The Morgan fingerprint density at radius 3 is 2.75 bits per heavy atom. The van der Waals surface area contributed by atoms with Crippen molar-refractivity contribution >= 4 is 5.91 Å². The number of ether oxygens (including phenoxy) is 1. The van der Waals surface area contributed by atoms with Gasteiger partial charge in [-0.25, -0.2) is 0 Å². The van der Waals surface area contributed by atoms with Crippen molar-refractivity contribution in [3.63, 3.8) is 0 Å². The first-order chi connectivity index (χ1) is 7.64. The first-order valence-corrected chi connectivity index (χ1v) is 5.90. The molecular weight excluding hydrogens is 204 g/mol. The fraction of sp³-hybridized carbons (Fsp3) is 0.750. The third kappa shape index (κ3) is 2.62. The number of carbonyl (C=O) groups is 1. The largest absolute Gasteiger partial charge is 0.363 e. The standard InChI is InChI=1S/C12H20N2O2/c1-3-6-14(10-4-5-10)11(15)7-16-12(2)8-13-9-12/h3,10,13H,1,4-9H2,2H3. The third-order valence-corrected chi connectivity index (χ3v) is 3.18. The molecular formula is C12H20N2O2. The number of nitrogens with one attached hydrogen (secondary N) is 1. The van der Waals surface area contributed by atoms with Crippen molar-refractivity contribution in [2.75, 3.05) is 26.2 Å². The fourth-order valence-corrected chi connectivity index (χ4v) is 1.88. The lowest BCUT2D eigenvalue weighted by Gasteiger charge is -2.39. The summed E-state index contributed by atoms with van der Waals surface area (Å²) in [4.78, 5) is 13.8. The molecule has 1 aliphatic heterocycles. The summed E-state index contributed by atoms with van der Waals surface area (Å²) in [7, 11) is 0. The van der Waals surface area contributed by atoms with Gasteiger partial charge in [0.25, 0.3) is 0 Å². The van der Waals surface area contributed by atoms with Crippen molar-refractivity contribution in [3.8, 4) is 0 Å². The van der Waals surface area contributed by atoms with Crippen LogP contribution in [0.2, 0.25) is 0 Å². The van der Waals surface area contributed by atoms with Gasteiger partial charge in [0.05, 0.1) is 5.60 Å². The van der Waals surface area contributed by atoms with Gasteiger partial charge in [-0.15, -0.1) is 6.58 Å². The van der Waals surface area contributed by atoms with Crippen LogP contribution < -0.4 is 5.32 Å². The van der Waals surface area contributed by atoms with Crippen molar-refractivity contribution in [2.24, 2.45) is 0 Å².